The SMILES string of the molecule is C#CCCCC(O)C1(O)CCCCCC1. The minimum absolute atomic E-state index is 0.594. The van der Waals surface area contributed by atoms with E-state index < -0.39 is 11.7 Å². The Labute approximate surface area is 92.7 Å². The van der Waals surface area contributed by atoms with Crippen molar-refractivity contribution in [2.75, 3.05) is 0 Å². The number of hydrogen-bond acceptors (Lipinski definition) is 2. The highest BCUT2D eigenvalue weighted by Crippen LogP contribution is 2.31. The van der Waals surface area contributed by atoms with Crippen LogP contribution in [-0.4, -0.2) is 21.9 Å². The molecule has 0 aromatic heterocycles. The van der Waals surface area contributed by atoms with E-state index >= 15 is 0 Å². The van der Waals surface area contributed by atoms with Crippen LogP contribution in [0.1, 0.15) is 57.8 Å². The third-order valence-electron chi connectivity index (χ3n) is 3.39. The molecule has 1 atom stereocenters. The van der Waals surface area contributed by atoms with E-state index in [0.717, 1.165) is 32.1 Å². The maximum atomic E-state index is 10.3. The maximum Gasteiger partial charge on any atom is 0.0905 e. The van der Waals surface area contributed by atoms with Crippen LogP contribution >= 0.6 is 0 Å². The summed E-state index contributed by atoms with van der Waals surface area (Å²) in [5.41, 5.74) is -0.842. The second-order valence-electron chi connectivity index (χ2n) is 4.63. The monoisotopic (exact) mass is 210 g/mol. The Hall–Kier alpha value is -0.520. The minimum Gasteiger partial charge on any atom is -0.390 e. The third kappa shape index (κ3) is 3.85. The molecule has 0 aliphatic heterocycles. The molecule has 0 aromatic rings. The van der Waals surface area contributed by atoms with E-state index in [0.29, 0.717) is 12.8 Å². The van der Waals surface area contributed by atoms with E-state index in [9.17, 15) is 10.2 Å². The number of terminal acetylenes is 1. The van der Waals surface area contributed by atoms with Crippen LogP contribution in [-0.2, 0) is 0 Å². The van der Waals surface area contributed by atoms with Gasteiger partial charge in [-0.15, -0.1) is 12.3 Å². The van der Waals surface area contributed by atoms with Gasteiger partial charge in [0.1, 0.15) is 0 Å². The lowest BCUT2D eigenvalue weighted by atomic mass is 9.86. The molecule has 1 rings (SSSR count). The summed E-state index contributed by atoms with van der Waals surface area (Å²) >= 11 is 0. The Bertz CT molecular complexity index is 209. The van der Waals surface area contributed by atoms with Crippen LogP contribution in [0.5, 0.6) is 0 Å². The average molecular weight is 210 g/mol. The molecular weight excluding hydrogens is 188 g/mol. The molecule has 0 saturated heterocycles. The second-order valence-corrected chi connectivity index (χ2v) is 4.63. The average Bonchev–Trinajstić information content (AvgIpc) is 2.44. The van der Waals surface area contributed by atoms with Crippen molar-refractivity contribution in [3.8, 4) is 12.3 Å². The highest BCUT2D eigenvalue weighted by Gasteiger charge is 2.35. The normalized spacial score (nSPS) is 22.7. The largest absolute Gasteiger partial charge is 0.390 e. The summed E-state index contributed by atoms with van der Waals surface area (Å²) in [7, 11) is 0. The zero-order valence-corrected chi connectivity index (χ0v) is 9.41. The van der Waals surface area contributed by atoms with Gasteiger partial charge in [-0.1, -0.05) is 25.7 Å². The summed E-state index contributed by atoms with van der Waals surface area (Å²) in [6, 6.07) is 0. The first-order valence-corrected chi connectivity index (χ1v) is 6.03. The molecule has 0 spiro atoms. The molecule has 1 fully saturated rings. The highest BCUT2D eigenvalue weighted by molar-refractivity contribution is 4.89. The predicted octanol–water partition coefficient (Wildman–Crippen LogP) is 2.24. The highest BCUT2D eigenvalue weighted by atomic mass is 16.3. The van der Waals surface area contributed by atoms with E-state index in [2.05, 4.69) is 5.92 Å². The van der Waals surface area contributed by atoms with Crippen molar-refractivity contribution in [3.05, 3.63) is 0 Å². The number of aliphatic hydroxyl groups excluding tert-OH is 1. The summed E-state index contributed by atoms with van der Waals surface area (Å²) in [6.45, 7) is 0. The van der Waals surface area contributed by atoms with Gasteiger partial charge in [-0.25, -0.2) is 0 Å². The minimum atomic E-state index is -0.842. The number of rotatable bonds is 4. The van der Waals surface area contributed by atoms with Gasteiger partial charge in [-0.2, -0.15) is 0 Å². The molecule has 0 bridgehead atoms. The molecule has 86 valence electrons. The maximum absolute atomic E-state index is 10.3. The Morgan fingerprint density at radius 1 is 1.20 bits per heavy atom. The zero-order valence-electron chi connectivity index (χ0n) is 9.41. The molecule has 0 amide bonds. The summed E-state index contributed by atoms with van der Waals surface area (Å²) < 4.78 is 0. The van der Waals surface area contributed by atoms with Crippen molar-refractivity contribution >= 4 is 0 Å². The van der Waals surface area contributed by atoms with Crippen molar-refractivity contribution in [3.63, 3.8) is 0 Å². The number of unbranched alkanes of at least 4 members (excludes halogenated alkanes) is 1. The van der Waals surface area contributed by atoms with Gasteiger partial charge in [0, 0.05) is 6.42 Å². The molecule has 1 unspecified atom stereocenters. The van der Waals surface area contributed by atoms with Gasteiger partial charge in [0.2, 0.25) is 0 Å². The predicted molar refractivity (Wildman–Crippen MR) is 61.3 cm³/mol. The van der Waals surface area contributed by atoms with E-state index in [1.165, 1.54) is 12.8 Å². The molecule has 2 heteroatoms. The third-order valence-corrected chi connectivity index (χ3v) is 3.39. The Morgan fingerprint density at radius 3 is 2.33 bits per heavy atom. The van der Waals surface area contributed by atoms with Crippen molar-refractivity contribution in [2.45, 2.75) is 69.5 Å². The second kappa shape index (κ2) is 6.15. The standard InChI is InChI=1S/C13H22O2/c1-2-3-6-9-12(14)13(15)10-7-4-5-8-11-13/h1,12,14-15H,3-11H2. The first kappa shape index (κ1) is 12.5. The first-order valence-electron chi connectivity index (χ1n) is 6.03. The van der Waals surface area contributed by atoms with E-state index in [1.54, 1.807) is 0 Å². The molecule has 15 heavy (non-hydrogen) atoms. The fraction of sp³-hybridized carbons (Fsp3) is 0.846. The van der Waals surface area contributed by atoms with Gasteiger partial charge in [0.05, 0.1) is 11.7 Å². The smallest absolute Gasteiger partial charge is 0.0905 e. The van der Waals surface area contributed by atoms with Gasteiger partial charge in [0.15, 0.2) is 0 Å². The molecule has 1 aliphatic rings. The molecule has 1 aliphatic carbocycles. The lowest BCUT2D eigenvalue weighted by Crippen LogP contribution is -2.41. The van der Waals surface area contributed by atoms with Crippen LogP contribution < -0.4 is 0 Å². The molecule has 2 nitrogen and oxygen atoms in total. The lowest BCUT2D eigenvalue weighted by molar-refractivity contribution is -0.0877. The molecule has 2 N–H and O–H groups in total. The van der Waals surface area contributed by atoms with Gasteiger partial charge in [0.25, 0.3) is 0 Å². The summed E-state index contributed by atoms with van der Waals surface area (Å²) in [4.78, 5) is 0. The van der Waals surface area contributed by atoms with Crippen LogP contribution in [0.2, 0.25) is 0 Å². The Kier molecular flexibility index (Phi) is 5.14. The quantitative estimate of drug-likeness (QED) is 0.424. The molecule has 0 radical (unpaired) electrons. The van der Waals surface area contributed by atoms with Crippen LogP contribution in [0.4, 0.5) is 0 Å². The summed E-state index contributed by atoms with van der Waals surface area (Å²) in [5, 5.41) is 20.3. The zero-order chi connectivity index (χ0) is 11.1. The van der Waals surface area contributed by atoms with Crippen LogP contribution in [0.15, 0.2) is 0 Å². The Balaban J connectivity index is 2.40. The molecule has 1 saturated carbocycles. The Morgan fingerprint density at radius 2 is 1.80 bits per heavy atom. The molecule has 0 heterocycles. The van der Waals surface area contributed by atoms with Gasteiger partial charge < -0.3 is 10.2 Å². The summed E-state index contributed by atoms with van der Waals surface area (Å²) in [6.07, 6.45) is 12.6. The van der Waals surface area contributed by atoms with E-state index in [1.807, 2.05) is 0 Å². The van der Waals surface area contributed by atoms with Gasteiger partial charge >= 0.3 is 0 Å². The van der Waals surface area contributed by atoms with E-state index in [4.69, 9.17) is 6.42 Å². The van der Waals surface area contributed by atoms with Crippen molar-refractivity contribution < 1.29 is 10.2 Å². The van der Waals surface area contributed by atoms with Crippen molar-refractivity contribution in [2.24, 2.45) is 0 Å². The topological polar surface area (TPSA) is 40.5 Å². The van der Waals surface area contributed by atoms with Crippen molar-refractivity contribution in [1.29, 1.82) is 0 Å². The number of aliphatic hydroxyl groups is 2. The van der Waals surface area contributed by atoms with Gasteiger partial charge in [-0.05, 0) is 25.7 Å². The fourth-order valence-electron chi connectivity index (χ4n) is 2.34. The van der Waals surface area contributed by atoms with Crippen molar-refractivity contribution in [1.82, 2.24) is 0 Å². The van der Waals surface area contributed by atoms with Gasteiger partial charge in [-0.3, -0.25) is 0 Å². The van der Waals surface area contributed by atoms with Crippen LogP contribution in [0.25, 0.3) is 0 Å². The number of hydrogen-bond donors (Lipinski definition) is 2. The van der Waals surface area contributed by atoms with E-state index in [-0.39, 0.29) is 0 Å². The first-order chi connectivity index (χ1) is 7.19. The molecule has 0 aromatic carbocycles. The fourth-order valence-corrected chi connectivity index (χ4v) is 2.34. The molecular formula is C13H22O2. The van der Waals surface area contributed by atoms with Crippen LogP contribution in [0, 0.1) is 12.3 Å². The van der Waals surface area contributed by atoms with Crippen LogP contribution in [0.3, 0.4) is 0 Å². The lowest BCUT2D eigenvalue weighted by Gasteiger charge is -2.32. The summed E-state index contributed by atoms with van der Waals surface area (Å²) in [5.74, 6) is 2.56.